The van der Waals surface area contributed by atoms with E-state index in [2.05, 4.69) is 12.2 Å². The van der Waals surface area contributed by atoms with Crippen molar-refractivity contribution in [3.8, 4) is 0 Å². The molecule has 3 heteroatoms. The third-order valence-electron chi connectivity index (χ3n) is 4.29. The van der Waals surface area contributed by atoms with Crippen molar-refractivity contribution in [2.45, 2.75) is 37.9 Å². The zero-order valence-corrected chi connectivity index (χ0v) is 10.7. The Hall–Kier alpha value is 0.110. The number of fused-ring (bicyclic) bond motifs is 2. The summed E-state index contributed by atoms with van der Waals surface area (Å²) in [6.07, 6.45) is 7.68. The third-order valence-corrected chi connectivity index (χ3v) is 5.59. The molecule has 2 aliphatic carbocycles. The minimum absolute atomic E-state index is 0.295. The second-order valence-electron chi connectivity index (χ2n) is 5.40. The number of hydrogen-bond acceptors (Lipinski definition) is 2. The molecule has 88 valence electrons. The van der Waals surface area contributed by atoms with E-state index in [0.29, 0.717) is 5.25 Å². The van der Waals surface area contributed by atoms with Gasteiger partial charge in [-0.05, 0) is 50.5 Å². The lowest BCUT2D eigenvalue weighted by atomic mass is 9.89. The van der Waals surface area contributed by atoms with Gasteiger partial charge in [-0.2, -0.15) is 0 Å². The minimum atomic E-state index is -0.678. The zero-order valence-electron chi connectivity index (χ0n) is 9.87. The van der Waals surface area contributed by atoms with Crippen LogP contribution in [-0.2, 0) is 10.8 Å². The highest BCUT2D eigenvalue weighted by atomic mass is 32.2. The number of nitrogens with one attached hydrogen (secondary N) is 1. The van der Waals surface area contributed by atoms with Crippen LogP contribution in [0.15, 0.2) is 0 Å². The van der Waals surface area contributed by atoms with E-state index in [1.54, 1.807) is 6.26 Å². The quantitative estimate of drug-likeness (QED) is 0.778. The van der Waals surface area contributed by atoms with Gasteiger partial charge in [0.25, 0.3) is 0 Å². The van der Waals surface area contributed by atoms with Crippen LogP contribution in [0.4, 0.5) is 0 Å². The molecule has 1 N–H and O–H groups in total. The number of rotatable bonds is 5. The maximum absolute atomic E-state index is 11.2. The highest BCUT2D eigenvalue weighted by molar-refractivity contribution is 7.84. The van der Waals surface area contributed by atoms with E-state index in [9.17, 15) is 4.21 Å². The molecule has 0 radical (unpaired) electrons. The van der Waals surface area contributed by atoms with Crippen LogP contribution in [0.1, 0.15) is 32.6 Å². The molecule has 2 nitrogen and oxygen atoms in total. The van der Waals surface area contributed by atoms with Crippen LogP contribution in [0.5, 0.6) is 0 Å². The predicted molar refractivity (Wildman–Crippen MR) is 65.3 cm³/mol. The fourth-order valence-corrected chi connectivity index (χ4v) is 3.57. The molecule has 2 saturated carbocycles. The van der Waals surface area contributed by atoms with E-state index in [-0.39, 0.29) is 0 Å². The largest absolute Gasteiger partial charge is 0.315 e. The van der Waals surface area contributed by atoms with Gasteiger partial charge in [0.1, 0.15) is 0 Å². The molecule has 2 fully saturated rings. The molecule has 0 aromatic heterocycles. The molecule has 5 atom stereocenters. The summed E-state index contributed by atoms with van der Waals surface area (Å²) in [5.41, 5.74) is 0. The van der Waals surface area contributed by atoms with Crippen molar-refractivity contribution in [1.82, 2.24) is 5.32 Å². The Morgan fingerprint density at radius 1 is 1.40 bits per heavy atom. The van der Waals surface area contributed by atoms with E-state index in [1.165, 1.54) is 25.7 Å². The van der Waals surface area contributed by atoms with Crippen LogP contribution >= 0.6 is 0 Å². The van der Waals surface area contributed by atoms with Gasteiger partial charge < -0.3 is 5.32 Å². The van der Waals surface area contributed by atoms with E-state index in [1.807, 2.05) is 0 Å². The van der Waals surface area contributed by atoms with Crippen molar-refractivity contribution in [3.63, 3.8) is 0 Å². The van der Waals surface area contributed by atoms with E-state index >= 15 is 0 Å². The molecule has 2 rings (SSSR count). The van der Waals surface area contributed by atoms with Gasteiger partial charge in [0, 0.05) is 28.9 Å². The number of hydrogen-bond donors (Lipinski definition) is 1. The summed E-state index contributed by atoms with van der Waals surface area (Å²) < 4.78 is 11.2. The first-order valence-corrected chi connectivity index (χ1v) is 7.82. The fourth-order valence-electron chi connectivity index (χ4n) is 3.22. The Labute approximate surface area is 95.7 Å². The summed E-state index contributed by atoms with van der Waals surface area (Å²) in [6.45, 7) is 4.13. The smallest absolute Gasteiger partial charge is 0.0441 e. The minimum Gasteiger partial charge on any atom is -0.315 e. The standard InChI is InChI=1S/C12H23NOS/c1-9(15(2)14)7-13-8-12-6-10-3-4-11(12)5-10/h9-13H,3-8H2,1-2H3. The van der Waals surface area contributed by atoms with Gasteiger partial charge in [-0.1, -0.05) is 6.42 Å². The van der Waals surface area contributed by atoms with Gasteiger partial charge in [-0.15, -0.1) is 0 Å². The van der Waals surface area contributed by atoms with Crippen molar-refractivity contribution < 1.29 is 4.21 Å². The van der Waals surface area contributed by atoms with Crippen molar-refractivity contribution in [2.24, 2.45) is 17.8 Å². The van der Waals surface area contributed by atoms with Gasteiger partial charge in [-0.25, -0.2) is 0 Å². The first-order valence-electron chi connectivity index (χ1n) is 6.19. The molecule has 5 unspecified atom stereocenters. The average Bonchev–Trinajstić information content (AvgIpc) is 2.78. The maximum atomic E-state index is 11.2. The second-order valence-corrected chi connectivity index (χ2v) is 7.20. The van der Waals surface area contributed by atoms with E-state index < -0.39 is 10.8 Å². The predicted octanol–water partition coefficient (Wildman–Crippen LogP) is 1.78. The first kappa shape index (κ1) is 11.6. The summed E-state index contributed by atoms with van der Waals surface area (Å²) >= 11 is 0. The van der Waals surface area contributed by atoms with E-state index in [0.717, 1.165) is 30.8 Å². The molecule has 0 aliphatic heterocycles. The van der Waals surface area contributed by atoms with Gasteiger partial charge in [0.15, 0.2) is 0 Å². The zero-order chi connectivity index (χ0) is 10.8. The van der Waals surface area contributed by atoms with Crippen LogP contribution in [0, 0.1) is 17.8 Å². The van der Waals surface area contributed by atoms with Gasteiger partial charge >= 0.3 is 0 Å². The van der Waals surface area contributed by atoms with Gasteiger partial charge in [0.2, 0.25) is 0 Å². The van der Waals surface area contributed by atoms with Crippen LogP contribution in [0.2, 0.25) is 0 Å². The van der Waals surface area contributed by atoms with Crippen LogP contribution in [0.25, 0.3) is 0 Å². The Kier molecular flexibility index (Phi) is 3.83. The molecular formula is C12H23NOS. The normalized spacial score (nSPS) is 38.1. The van der Waals surface area contributed by atoms with Crippen molar-refractivity contribution in [2.75, 3.05) is 19.3 Å². The SMILES string of the molecule is CC(CNCC1CC2CCC1C2)S(C)=O. The Balaban J connectivity index is 1.64. The molecule has 0 spiro atoms. The molecule has 0 heterocycles. The summed E-state index contributed by atoms with van der Waals surface area (Å²) in [7, 11) is -0.678. The average molecular weight is 229 g/mol. The van der Waals surface area contributed by atoms with Crippen molar-refractivity contribution in [1.29, 1.82) is 0 Å². The van der Waals surface area contributed by atoms with Crippen LogP contribution < -0.4 is 5.32 Å². The Morgan fingerprint density at radius 2 is 2.20 bits per heavy atom. The summed E-state index contributed by atoms with van der Waals surface area (Å²) in [5, 5.41) is 3.80. The molecule has 0 saturated heterocycles. The van der Waals surface area contributed by atoms with Gasteiger partial charge in [0.05, 0.1) is 0 Å². The molecule has 2 bridgehead atoms. The highest BCUT2D eigenvalue weighted by Gasteiger charge is 2.38. The van der Waals surface area contributed by atoms with Crippen molar-refractivity contribution in [3.05, 3.63) is 0 Å². The monoisotopic (exact) mass is 229 g/mol. The molecule has 15 heavy (non-hydrogen) atoms. The molecular weight excluding hydrogens is 206 g/mol. The fraction of sp³-hybridized carbons (Fsp3) is 1.00. The summed E-state index contributed by atoms with van der Waals surface area (Å²) in [4.78, 5) is 0. The highest BCUT2D eigenvalue weighted by Crippen LogP contribution is 2.47. The Morgan fingerprint density at radius 3 is 2.73 bits per heavy atom. The topological polar surface area (TPSA) is 29.1 Å². The van der Waals surface area contributed by atoms with Crippen LogP contribution in [0.3, 0.4) is 0 Å². The van der Waals surface area contributed by atoms with E-state index in [4.69, 9.17) is 0 Å². The first-order chi connectivity index (χ1) is 7.16. The van der Waals surface area contributed by atoms with Crippen molar-refractivity contribution >= 4 is 10.8 Å². The lowest BCUT2D eigenvalue weighted by molar-refractivity contribution is 0.320. The van der Waals surface area contributed by atoms with Crippen LogP contribution in [-0.4, -0.2) is 28.8 Å². The molecule has 2 aliphatic rings. The summed E-state index contributed by atoms with van der Waals surface area (Å²) in [5.74, 6) is 2.96. The Bertz CT molecular complexity index is 244. The lowest BCUT2D eigenvalue weighted by Crippen LogP contribution is -2.33. The molecule has 0 amide bonds. The molecule has 0 aromatic carbocycles. The second kappa shape index (κ2) is 4.96. The van der Waals surface area contributed by atoms with Gasteiger partial charge in [-0.3, -0.25) is 4.21 Å². The molecule has 0 aromatic rings. The lowest BCUT2D eigenvalue weighted by Gasteiger charge is -2.22. The third kappa shape index (κ3) is 2.82. The maximum Gasteiger partial charge on any atom is 0.0441 e. The summed E-state index contributed by atoms with van der Waals surface area (Å²) in [6, 6.07) is 0.